The van der Waals surface area contributed by atoms with Gasteiger partial charge in [-0.2, -0.15) is 0 Å². The Labute approximate surface area is 149 Å². The number of methoxy groups -OCH3 is 1. The zero-order valence-corrected chi connectivity index (χ0v) is 14.5. The van der Waals surface area contributed by atoms with Crippen LogP contribution >= 0.6 is 11.6 Å². The Morgan fingerprint density at radius 1 is 1.24 bits per heavy atom. The number of rotatable bonds is 5. The van der Waals surface area contributed by atoms with Crippen LogP contribution in [0.3, 0.4) is 0 Å². The first-order chi connectivity index (χ1) is 12.1. The molecular weight excluding hydrogens is 342 g/mol. The van der Waals surface area contributed by atoms with Crippen molar-refractivity contribution < 1.29 is 13.9 Å². The third-order valence-corrected chi connectivity index (χ3v) is 3.99. The Balaban J connectivity index is 1.75. The molecule has 1 N–H and O–H groups in total. The number of nitrogens with one attached hydrogen (secondary N) is 1. The molecule has 0 saturated carbocycles. The number of hydrogen-bond acceptors (Lipinski definition) is 6. The van der Waals surface area contributed by atoms with Gasteiger partial charge in [-0.1, -0.05) is 29.8 Å². The number of aromatic nitrogens is 2. The number of anilines is 1. The molecule has 1 heterocycles. The summed E-state index contributed by atoms with van der Waals surface area (Å²) in [4.78, 5) is 11.6. The van der Waals surface area contributed by atoms with Crippen LogP contribution in [0.1, 0.15) is 21.8 Å². The van der Waals surface area contributed by atoms with E-state index in [0.29, 0.717) is 28.1 Å². The van der Waals surface area contributed by atoms with E-state index >= 15 is 0 Å². The molecule has 0 spiro atoms. The smallest absolute Gasteiger partial charge is 0.337 e. The van der Waals surface area contributed by atoms with E-state index in [1.807, 2.05) is 31.2 Å². The van der Waals surface area contributed by atoms with Gasteiger partial charge >= 0.3 is 5.97 Å². The van der Waals surface area contributed by atoms with Crippen LogP contribution in [-0.4, -0.2) is 23.3 Å². The number of esters is 1. The van der Waals surface area contributed by atoms with Crippen LogP contribution in [0.4, 0.5) is 5.69 Å². The predicted molar refractivity (Wildman–Crippen MR) is 94.6 cm³/mol. The van der Waals surface area contributed by atoms with Crippen LogP contribution < -0.4 is 5.32 Å². The molecule has 3 aromatic rings. The summed E-state index contributed by atoms with van der Waals surface area (Å²) in [6, 6.07) is 12.6. The average molecular weight is 358 g/mol. The zero-order valence-electron chi connectivity index (χ0n) is 13.7. The maximum atomic E-state index is 11.6. The monoisotopic (exact) mass is 357 g/mol. The molecule has 0 saturated heterocycles. The molecule has 0 unspecified atom stereocenters. The van der Waals surface area contributed by atoms with Crippen molar-refractivity contribution >= 4 is 23.3 Å². The minimum atomic E-state index is -0.431. The van der Waals surface area contributed by atoms with Crippen LogP contribution in [0.25, 0.3) is 11.5 Å². The second kappa shape index (κ2) is 7.36. The van der Waals surface area contributed by atoms with Crippen molar-refractivity contribution in [3.05, 3.63) is 64.5 Å². The average Bonchev–Trinajstić information content (AvgIpc) is 3.09. The van der Waals surface area contributed by atoms with Gasteiger partial charge in [0.05, 0.1) is 29.9 Å². The SMILES string of the molecule is COC(=O)c1ccc(Cl)c(NCc2nnc(-c3ccccc3C)o2)c1. The molecule has 0 aliphatic carbocycles. The maximum Gasteiger partial charge on any atom is 0.337 e. The Kier molecular flexibility index (Phi) is 5.00. The van der Waals surface area contributed by atoms with Crippen molar-refractivity contribution in [3.8, 4) is 11.5 Å². The van der Waals surface area contributed by atoms with Crippen molar-refractivity contribution in [2.45, 2.75) is 13.5 Å². The van der Waals surface area contributed by atoms with Gasteiger partial charge in [0, 0.05) is 5.56 Å². The topological polar surface area (TPSA) is 77.2 Å². The van der Waals surface area contributed by atoms with Gasteiger partial charge in [0.2, 0.25) is 11.8 Å². The van der Waals surface area contributed by atoms with E-state index in [-0.39, 0.29) is 6.54 Å². The van der Waals surface area contributed by atoms with Gasteiger partial charge in [-0.05, 0) is 36.8 Å². The molecule has 128 valence electrons. The number of nitrogens with zero attached hydrogens (tertiary/aromatic N) is 2. The molecule has 0 radical (unpaired) electrons. The fourth-order valence-electron chi connectivity index (χ4n) is 2.32. The quantitative estimate of drug-likeness (QED) is 0.693. The third-order valence-electron chi connectivity index (χ3n) is 3.66. The summed E-state index contributed by atoms with van der Waals surface area (Å²) in [7, 11) is 1.33. The highest BCUT2D eigenvalue weighted by atomic mass is 35.5. The molecule has 0 atom stereocenters. The highest BCUT2D eigenvalue weighted by Crippen LogP contribution is 2.25. The highest BCUT2D eigenvalue weighted by molar-refractivity contribution is 6.33. The summed E-state index contributed by atoms with van der Waals surface area (Å²) in [6.07, 6.45) is 0. The standard InChI is InChI=1S/C18H16ClN3O3/c1-11-5-3-4-6-13(11)17-22-21-16(25-17)10-20-15-9-12(18(23)24-2)7-8-14(15)19/h3-9,20H,10H2,1-2H3. The fraction of sp³-hybridized carbons (Fsp3) is 0.167. The lowest BCUT2D eigenvalue weighted by molar-refractivity contribution is 0.0601. The molecule has 0 aliphatic rings. The predicted octanol–water partition coefficient (Wildman–Crippen LogP) is 4.10. The minimum Gasteiger partial charge on any atom is -0.465 e. The summed E-state index contributed by atoms with van der Waals surface area (Å²) in [5.74, 6) is 0.446. The second-order valence-corrected chi connectivity index (χ2v) is 5.76. The van der Waals surface area contributed by atoms with Gasteiger partial charge < -0.3 is 14.5 Å². The van der Waals surface area contributed by atoms with Crippen molar-refractivity contribution in [3.63, 3.8) is 0 Å². The second-order valence-electron chi connectivity index (χ2n) is 5.36. The van der Waals surface area contributed by atoms with E-state index in [9.17, 15) is 4.79 Å². The molecule has 3 rings (SSSR count). The fourth-order valence-corrected chi connectivity index (χ4v) is 2.51. The Hall–Kier alpha value is -2.86. The zero-order chi connectivity index (χ0) is 17.8. The van der Waals surface area contributed by atoms with Crippen molar-refractivity contribution in [2.24, 2.45) is 0 Å². The Morgan fingerprint density at radius 3 is 2.80 bits per heavy atom. The van der Waals surface area contributed by atoms with Gasteiger partial charge in [0.1, 0.15) is 0 Å². The molecule has 6 nitrogen and oxygen atoms in total. The van der Waals surface area contributed by atoms with E-state index in [1.54, 1.807) is 18.2 Å². The first-order valence-electron chi connectivity index (χ1n) is 7.58. The summed E-state index contributed by atoms with van der Waals surface area (Å²) < 4.78 is 10.4. The van der Waals surface area contributed by atoms with Crippen molar-refractivity contribution in [2.75, 3.05) is 12.4 Å². The normalized spacial score (nSPS) is 10.5. The van der Waals surface area contributed by atoms with Crippen molar-refractivity contribution in [1.82, 2.24) is 10.2 Å². The third kappa shape index (κ3) is 3.80. The number of hydrogen-bond donors (Lipinski definition) is 1. The van der Waals surface area contributed by atoms with E-state index < -0.39 is 5.97 Å². The number of aryl methyl sites for hydroxylation is 1. The van der Waals surface area contributed by atoms with Crippen LogP contribution in [0, 0.1) is 6.92 Å². The summed E-state index contributed by atoms with van der Waals surface area (Å²) in [5, 5.41) is 11.7. The number of carbonyl (C=O) groups is 1. The minimum absolute atomic E-state index is 0.281. The van der Waals surface area contributed by atoms with Gasteiger partial charge in [-0.25, -0.2) is 4.79 Å². The lowest BCUT2D eigenvalue weighted by Gasteiger charge is -2.08. The van der Waals surface area contributed by atoms with Gasteiger partial charge in [-0.3, -0.25) is 0 Å². The van der Waals surface area contributed by atoms with E-state index in [0.717, 1.165) is 11.1 Å². The first kappa shape index (κ1) is 17.0. The van der Waals surface area contributed by atoms with Crippen molar-refractivity contribution in [1.29, 1.82) is 0 Å². The van der Waals surface area contributed by atoms with Crippen LogP contribution in [0.5, 0.6) is 0 Å². The molecule has 7 heteroatoms. The van der Waals surface area contributed by atoms with Crippen LogP contribution in [0.15, 0.2) is 46.9 Å². The van der Waals surface area contributed by atoms with E-state index in [2.05, 4.69) is 15.5 Å². The number of benzene rings is 2. The largest absolute Gasteiger partial charge is 0.465 e. The van der Waals surface area contributed by atoms with E-state index in [1.165, 1.54) is 7.11 Å². The molecule has 1 aromatic heterocycles. The van der Waals surface area contributed by atoms with Crippen LogP contribution in [0.2, 0.25) is 5.02 Å². The molecule has 0 fully saturated rings. The molecular formula is C18H16ClN3O3. The van der Waals surface area contributed by atoms with Crippen LogP contribution in [-0.2, 0) is 11.3 Å². The molecule has 0 aliphatic heterocycles. The number of halogens is 1. The maximum absolute atomic E-state index is 11.6. The van der Waals surface area contributed by atoms with Gasteiger partial charge in [-0.15, -0.1) is 10.2 Å². The van der Waals surface area contributed by atoms with Gasteiger partial charge in [0.15, 0.2) is 0 Å². The Bertz CT molecular complexity index is 908. The number of carbonyl (C=O) groups excluding carboxylic acids is 1. The number of ether oxygens (including phenoxy) is 1. The molecule has 0 bridgehead atoms. The lowest BCUT2D eigenvalue weighted by Crippen LogP contribution is -2.04. The summed E-state index contributed by atoms with van der Waals surface area (Å²) >= 11 is 6.15. The lowest BCUT2D eigenvalue weighted by atomic mass is 10.1. The van der Waals surface area contributed by atoms with Gasteiger partial charge in [0.25, 0.3) is 0 Å². The molecule has 0 amide bonds. The Morgan fingerprint density at radius 2 is 2.04 bits per heavy atom. The summed E-state index contributed by atoms with van der Waals surface area (Å²) in [6.45, 7) is 2.26. The molecule has 2 aromatic carbocycles. The summed E-state index contributed by atoms with van der Waals surface area (Å²) in [5.41, 5.74) is 2.94. The highest BCUT2D eigenvalue weighted by Gasteiger charge is 2.12. The molecule has 25 heavy (non-hydrogen) atoms. The van der Waals surface area contributed by atoms with E-state index in [4.69, 9.17) is 20.8 Å². The first-order valence-corrected chi connectivity index (χ1v) is 7.96.